The molecule has 5 saturated heterocycles. The van der Waals surface area contributed by atoms with Crippen molar-refractivity contribution in [2.75, 3.05) is 5.32 Å². The zero-order valence-electron chi connectivity index (χ0n) is 33.2. The molecule has 2 aliphatic carbocycles. The standard InChI is InChI=1S/C45H49NO11/c1-21-7-10-26-25(19-21)9-11-28-35(26)38(49)29-13-12-27-32-20-43(5,46-37(27)36(29)39(28)50)40(24(4)51-32)52-33(47)15-16-34(48)53-41-23(3)31-14-8-22(2)30-17-18-44(6)55-42(54-41)45(30,31)57-56-44/h7,9-13,19,22-24,30-32,40-42,46H,8,14-18,20H2,1-6H3/t22-,23-,24+,30+,31+,32-,40+,41-,42-,43-,44?,45-/m1/s1. The van der Waals surface area contributed by atoms with E-state index in [4.69, 9.17) is 33.5 Å². The average Bonchev–Trinajstić information content (AvgIpc) is 3.41. The summed E-state index contributed by atoms with van der Waals surface area (Å²) in [7, 11) is 0. The highest BCUT2D eigenvalue weighted by Crippen LogP contribution is 2.61. The molecule has 11 rings (SSSR count). The number of nitrogens with one attached hydrogen (secondary N) is 1. The molecule has 12 heteroatoms. The smallest absolute Gasteiger partial charge is 0.308 e. The molecule has 0 aromatic heterocycles. The van der Waals surface area contributed by atoms with Gasteiger partial charge >= 0.3 is 11.9 Å². The fourth-order valence-corrected chi connectivity index (χ4v) is 11.4. The van der Waals surface area contributed by atoms with Crippen LogP contribution in [0.5, 0.6) is 0 Å². The van der Waals surface area contributed by atoms with Gasteiger partial charge in [0.15, 0.2) is 29.6 Å². The Labute approximate surface area is 331 Å². The van der Waals surface area contributed by atoms with E-state index in [1.165, 1.54) is 0 Å². The highest BCUT2D eigenvalue weighted by molar-refractivity contribution is 6.33. The number of anilines is 1. The summed E-state index contributed by atoms with van der Waals surface area (Å²) in [5.41, 5.74) is 2.15. The molecule has 8 aliphatic rings. The molecule has 0 radical (unpaired) electrons. The van der Waals surface area contributed by atoms with Gasteiger partial charge in [-0.05, 0) is 81.7 Å². The van der Waals surface area contributed by atoms with Gasteiger partial charge < -0.3 is 29.0 Å². The Hall–Kier alpha value is -4.20. The van der Waals surface area contributed by atoms with Crippen molar-refractivity contribution >= 4 is 40.0 Å². The van der Waals surface area contributed by atoms with Crippen LogP contribution in [0.1, 0.15) is 129 Å². The fourth-order valence-electron chi connectivity index (χ4n) is 11.4. The molecule has 0 amide bonds. The molecule has 300 valence electrons. The zero-order chi connectivity index (χ0) is 39.8. The Morgan fingerprint density at radius 1 is 0.842 bits per heavy atom. The van der Waals surface area contributed by atoms with E-state index in [1.807, 2.05) is 65.0 Å². The van der Waals surface area contributed by atoms with Gasteiger partial charge in [-0.3, -0.25) is 19.2 Å². The predicted octanol–water partition coefficient (Wildman–Crippen LogP) is 7.40. The van der Waals surface area contributed by atoms with E-state index < -0.39 is 59.8 Å². The summed E-state index contributed by atoms with van der Waals surface area (Å²) >= 11 is 0. The second-order valence-electron chi connectivity index (χ2n) is 18.1. The number of hydrogen-bond acceptors (Lipinski definition) is 12. The number of hydrogen-bond donors (Lipinski definition) is 1. The van der Waals surface area contributed by atoms with E-state index in [2.05, 4.69) is 12.2 Å². The van der Waals surface area contributed by atoms with E-state index >= 15 is 0 Å². The van der Waals surface area contributed by atoms with Gasteiger partial charge in [0.25, 0.3) is 0 Å². The van der Waals surface area contributed by atoms with Gasteiger partial charge in [-0.25, -0.2) is 9.78 Å². The van der Waals surface area contributed by atoms with Crippen LogP contribution in [-0.4, -0.2) is 65.2 Å². The number of esters is 2. The third kappa shape index (κ3) is 5.50. The molecule has 4 bridgehead atoms. The SMILES string of the molecule is Cc1ccc2c3c(ccc2c1)C(=O)c1c(ccc2c1N[C@]1(C)C[C@H]2O[C@@H](C)[C@@H]1OC(=O)CCC(=O)O[C@@H]1O[C@@H]2OC4(C)CC[C@H]5[C@H](C)CC[C@@H]([C@H]1C)[C@@]25OO4)C3=O. The summed E-state index contributed by atoms with van der Waals surface area (Å²) in [5.74, 6) is -2.18. The molecule has 12 atom stereocenters. The Bertz CT molecular complexity index is 2250. The summed E-state index contributed by atoms with van der Waals surface area (Å²) in [6.45, 7) is 11.9. The molecule has 1 unspecified atom stereocenters. The van der Waals surface area contributed by atoms with Gasteiger partial charge in [-0.1, -0.05) is 49.7 Å². The quantitative estimate of drug-likeness (QED) is 0.159. The predicted molar refractivity (Wildman–Crippen MR) is 204 cm³/mol. The van der Waals surface area contributed by atoms with E-state index in [0.717, 1.165) is 41.2 Å². The van der Waals surface area contributed by atoms with Gasteiger partial charge in [-0.2, -0.15) is 0 Å². The molecule has 1 saturated carbocycles. The minimum Gasteiger partial charge on any atom is -0.457 e. The maximum absolute atomic E-state index is 14.3. The second kappa shape index (κ2) is 12.9. The van der Waals surface area contributed by atoms with Crippen molar-refractivity contribution in [2.24, 2.45) is 23.7 Å². The van der Waals surface area contributed by atoms with Crippen LogP contribution >= 0.6 is 0 Å². The Kier molecular flexibility index (Phi) is 8.39. The van der Waals surface area contributed by atoms with Gasteiger partial charge in [0, 0.05) is 46.9 Å². The summed E-state index contributed by atoms with van der Waals surface area (Å²) in [4.78, 5) is 67.3. The molecule has 6 aliphatic heterocycles. The van der Waals surface area contributed by atoms with Crippen molar-refractivity contribution in [3.05, 3.63) is 75.8 Å². The third-order valence-electron chi connectivity index (χ3n) is 14.3. The lowest BCUT2D eigenvalue weighted by atomic mass is 9.58. The van der Waals surface area contributed by atoms with Crippen LogP contribution in [0.3, 0.4) is 0 Å². The number of carbonyl (C=O) groups is 4. The number of carbonyl (C=O) groups excluding carboxylic acids is 4. The van der Waals surface area contributed by atoms with Crippen LogP contribution < -0.4 is 5.32 Å². The Balaban J connectivity index is 0.833. The second-order valence-corrected chi connectivity index (χ2v) is 18.1. The molecular formula is C45H49NO11. The Morgan fingerprint density at radius 3 is 2.39 bits per heavy atom. The first-order valence-corrected chi connectivity index (χ1v) is 20.5. The van der Waals surface area contributed by atoms with E-state index in [9.17, 15) is 19.2 Å². The van der Waals surface area contributed by atoms with Gasteiger partial charge in [-0.15, -0.1) is 0 Å². The number of fused-ring (bicyclic) bond motifs is 11. The summed E-state index contributed by atoms with van der Waals surface area (Å²) in [5, 5.41) is 5.21. The van der Waals surface area contributed by atoms with Crippen LogP contribution in [0.2, 0.25) is 0 Å². The number of ketones is 2. The molecule has 6 heterocycles. The van der Waals surface area contributed by atoms with Crippen molar-refractivity contribution in [1.29, 1.82) is 0 Å². The third-order valence-corrected chi connectivity index (χ3v) is 14.3. The largest absolute Gasteiger partial charge is 0.457 e. The number of rotatable bonds is 5. The zero-order valence-corrected chi connectivity index (χ0v) is 33.2. The maximum Gasteiger partial charge on any atom is 0.308 e. The lowest BCUT2D eigenvalue weighted by Crippen LogP contribution is -2.70. The van der Waals surface area contributed by atoms with Crippen molar-refractivity contribution in [2.45, 2.75) is 134 Å². The number of aryl methyl sites for hydroxylation is 1. The molecule has 3 aromatic carbocycles. The first-order valence-electron chi connectivity index (χ1n) is 20.5. The molecule has 1 N–H and O–H groups in total. The lowest BCUT2D eigenvalue weighted by molar-refractivity contribution is -0.576. The Morgan fingerprint density at radius 2 is 1.58 bits per heavy atom. The normalized spacial score (nSPS) is 38.5. The first-order chi connectivity index (χ1) is 27.2. The lowest BCUT2D eigenvalue weighted by Gasteiger charge is -2.59. The van der Waals surface area contributed by atoms with E-state index in [1.54, 1.807) is 12.1 Å². The van der Waals surface area contributed by atoms with Gasteiger partial charge in [0.05, 0.1) is 41.8 Å². The van der Waals surface area contributed by atoms with Crippen LogP contribution in [-0.2, 0) is 43.0 Å². The maximum atomic E-state index is 14.3. The van der Waals surface area contributed by atoms with Gasteiger partial charge in [0.2, 0.25) is 12.1 Å². The molecule has 1 spiro atoms. The van der Waals surface area contributed by atoms with E-state index in [0.29, 0.717) is 46.7 Å². The van der Waals surface area contributed by atoms with Crippen LogP contribution in [0.25, 0.3) is 10.8 Å². The van der Waals surface area contributed by atoms with Crippen molar-refractivity contribution in [3.8, 4) is 0 Å². The minimum absolute atomic E-state index is 0.00803. The van der Waals surface area contributed by atoms with Crippen LogP contribution in [0, 0.1) is 30.6 Å². The molecular weight excluding hydrogens is 730 g/mol. The molecule has 3 aromatic rings. The molecule has 12 nitrogen and oxygen atoms in total. The molecule has 6 fully saturated rings. The first kappa shape index (κ1) is 37.1. The number of benzene rings is 3. The van der Waals surface area contributed by atoms with Crippen LogP contribution in [0.4, 0.5) is 5.69 Å². The van der Waals surface area contributed by atoms with Crippen molar-refractivity contribution in [1.82, 2.24) is 0 Å². The van der Waals surface area contributed by atoms with E-state index in [-0.39, 0.29) is 42.2 Å². The fraction of sp³-hybridized carbons (Fsp3) is 0.556. The number of ether oxygens (including phenoxy) is 5. The average molecular weight is 780 g/mol. The summed E-state index contributed by atoms with van der Waals surface area (Å²) < 4.78 is 31.3. The van der Waals surface area contributed by atoms with Crippen LogP contribution in [0.15, 0.2) is 42.5 Å². The molecule has 57 heavy (non-hydrogen) atoms. The highest BCUT2D eigenvalue weighted by Gasteiger charge is 2.70. The van der Waals surface area contributed by atoms with Crippen molar-refractivity contribution < 1.29 is 52.6 Å². The summed E-state index contributed by atoms with van der Waals surface area (Å²) in [6.07, 6.45) is 0.191. The minimum atomic E-state index is -0.950. The monoisotopic (exact) mass is 779 g/mol. The summed E-state index contributed by atoms with van der Waals surface area (Å²) in [6, 6.07) is 13.1. The van der Waals surface area contributed by atoms with Gasteiger partial charge in [0.1, 0.15) is 0 Å². The highest BCUT2D eigenvalue weighted by atomic mass is 17.3. The topological polar surface area (TPSA) is 145 Å². The van der Waals surface area contributed by atoms with Crippen molar-refractivity contribution in [3.63, 3.8) is 0 Å².